The van der Waals surface area contributed by atoms with Gasteiger partial charge in [0.2, 0.25) is 15.9 Å². The summed E-state index contributed by atoms with van der Waals surface area (Å²) in [6.45, 7) is 9.45. The normalized spacial score (nSPS) is 16.2. The number of hydrogen-bond acceptors (Lipinski definition) is 10. The van der Waals surface area contributed by atoms with Crippen LogP contribution in [-0.2, 0) is 24.4 Å². The van der Waals surface area contributed by atoms with Crippen LogP contribution in [0.4, 0.5) is 11.4 Å². The van der Waals surface area contributed by atoms with Gasteiger partial charge >= 0.3 is 5.97 Å². The van der Waals surface area contributed by atoms with E-state index in [2.05, 4.69) is 35.8 Å². The van der Waals surface area contributed by atoms with Crippen molar-refractivity contribution in [1.29, 1.82) is 0 Å². The number of para-hydroxylation sites is 1. The molecule has 0 bridgehead atoms. The lowest BCUT2D eigenvalue weighted by atomic mass is 9.87. The van der Waals surface area contributed by atoms with Crippen LogP contribution in [0.5, 0.6) is 5.75 Å². The Balaban J connectivity index is 2.01. The van der Waals surface area contributed by atoms with E-state index < -0.39 is 52.0 Å². The van der Waals surface area contributed by atoms with E-state index in [0.29, 0.717) is 30.0 Å². The smallest absolute Gasteiger partial charge is 0.327 e. The first-order valence-electron chi connectivity index (χ1n) is 17.5. The number of aliphatic hydroxyl groups is 1. The second-order valence-electron chi connectivity index (χ2n) is 12.8. The molecule has 12 nitrogen and oxygen atoms in total. The molecule has 5 N–H and O–H groups in total. The van der Waals surface area contributed by atoms with Crippen LogP contribution in [0.2, 0.25) is 0 Å². The van der Waals surface area contributed by atoms with Gasteiger partial charge in [0.05, 0.1) is 16.1 Å². The standard InChI is InChI=1S/C38H52N4O8S3/c1-7-10-19-38(20-11-8-2)25-42(27-15-13-12-14-16-27)30-21-32(52-6)31(22-33(30)53(48,49)41-38)50-23-34(44)40-35(26(4)17-18-28(43)9-3)36(45)39-29(24-51-5)37(46)47/h9,12-18,21-22,29,35,41,43H,4,7-8,10-11,19-20,23-25H2,1-3,5-6H3,(H,39,45)(H,40,44)(H,46,47)/b18-17-,28-9+/t29-,35+/m0/s1. The van der Waals surface area contributed by atoms with Gasteiger partial charge in [0, 0.05) is 24.1 Å². The lowest BCUT2D eigenvalue weighted by molar-refractivity contribution is -0.141. The summed E-state index contributed by atoms with van der Waals surface area (Å²) >= 11 is 2.55. The van der Waals surface area contributed by atoms with Gasteiger partial charge in [-0.3, -0.25) is 9.59 Å². The Kier molecular flexibility index (Phi) is 16.8. The van der Waals surface area contributed by atoms with E-state index in [1.165, 1.54) is 47.8 Å². The second kappa shape index (κ2) is 20.5. The number of fused-ring (bicyclic) bond motifs is 1. The van der Waals surface area contributed by atoms with E-state index in [0.717, 1.165) is 31.4 Å². The number of nitrogens with zero attached hydrogens (tertiary/aromatic N) is 1. The molecule has 1 aliphatic heterocycles. The molecule has 0 saturated carbocycles. The quantitative estimate of drug-likeness (QED) is 0.0577. The van der Waals surface area contributed by atoms with E-state index in [-0.39, 0.29) is 27.7 Å². The van der Waals surface area contributed by atoms with Crippen molar-refractivity contribution in [2.45, 2.75) is 86.7 Å². The van der Waals surface area contributed by atoms with Crippen molar-refractivity contribution in [3.05, 3.63) is 78.6 Å². The van der Waals surface area contributed by atoms with Gasteiger partial charge in [0.25, 0.3) is 5.91 Å². The topological polar surface area (TPSA) is 174 Å². The zero-order valence-electron chi connectivity index (χ0n) is 31.0. The molecular weight excluding hydrogens is 737 g/mol. The number of unbranched alkanes of at least 4 members (excludes halogenated alkanes) is 2. The summed E-state index contributed by atoms with van der Waals surface area (Å²) in [5.74, 6) is -2.69. The number of allylic oxidation sites excluding steroid dienone is 2. The monoisotopic (exact) mass is 788 g/mol. The molecule has 0 saturated heterocycles. The maximum absolute atomic E-state index is 14.3. The zero-order valence-corrected chi connectivity index (χ0v) is 33.5. The Labute approximate surface area is 322 Å². The molecule has 1 aliphatic rings. The molecule has 2 aromatic carbocycles. The lowest BCUT2D eigenvalue weighted by Crippen LogP contribution is -2.53. The highest BCUT2D eigenvalue weighted by atomic mass is 32.2. The number of carbonyl (C=O) groups excluding carboxylic acids is 2. The van der Waals surface area contributed by atoms with Crippen LogP contribution >= 0.6 is 23.5 Å². The zero-order chi connectivity index (χ0) is 39.2. The summed E-state index contributed by atoms with van der Waals surface area (Å²) in [4.78, 5) is 41.1. The van der Waals surface area contributed by atoms with Crippen molar-refractivity contribution in [1.82, 2.24) is 15.4 Å². The van der Waals surface area contributed by atoms with E-state index in [1.54, 1.807) is 19.2 Å². The van der Waals surface area contributed by atoms with E-state index >= 15 is 0 Å². The average Bonchev–Trinajstić information content (AvgIpc) is 3.24. The highest BCUT2D eigenvalue weighted by molar-refractivity contribution is 7.98. The Morgan fingerprint density at radius 3 is 2.28 bits per heavy atom. The van der Waals surface area contributed by atoms with Gasteiger partial charge in [-0.05, 0) is 68.2 Å². The Morgan fingerprint density at radius 1 is 1.06 bits per heavy atom. The van der Waals surface area contributed by atoms with Crippen LogP contribution in [0, 0.1) is 0 Å². The minimum Gasteiger partial charge on any atom is -0.508 e. The van der Waals surface area contributed by atoms with Crippen LogP contribution in [0.1, 0.15) is 59.3 Å². The van der Waals surface area contributed by atoms with Crippen molar-refractivity contribution < 1.29 is 37.8 Å². The number of amides is 2. The van der Waals surface area contributed by atoms with Crippen LogP contribution in [0.25, 0.3) is 0 Å². The van der Waals surface area contributed by atoms with Crippen molar-refractivity contribution in [2.75, 3.05) is 36.3 Å². The van der Waals surface area contributed by atoms with Crippen LogP contribution < -0.4 is 25.0 Å². The van der Waals surface area contributed by atoms with Gasteiger partial charge in [-0.25, -0.2) is 17.9 Å². The van der Waals surface area contributed by atoms with Gasteiger partial charge in [-0.2, -0.15) is 11.8 Å². The van der Waals surface area contributed by atoms with Gasteiger partial charge < -0.3 is 30.5 Å². The van der Waals surface area contributed by atoms with E-state index in [9.17, 15) is 33.0 Å². The number of hydrogen-bond donors (Lipinski definition) is 5. The van der Waals surface area contributed by atoms with Crippen LogP contribution in [-0.4, -0.2) is 85.5 Å². The van der Waals surface area contributed by atoms with Crippen molar-refractivity contribution in [3.63, 3.8) is 0 Å². The fourth-order valence-electron chi connectivity index (χ4n) is 5.90. The maximum Gasteiger partial charge on any atom is 0.327 e. The molecule has 0 spiro atoms. The molecule has 15 heteroatoms. The number of aliphatic hydroxyl groups excluding tert-OH is 1. The first kappa shape index (κ1) is 43.5. The van der Waals surface area contributed by atoms with E-state index in [1.807, 2.05) is 41.5 Å². The third-order valence-corrected chi connectivity index (χ3v) is 11.8. The molecule has 3 rings (SSSR count). The summed E-state index contributed by atoms with van der Waals surface area (Å²) in [5.41, 5.74) is 0.669. The van der Waals surface area contributed by atoms with Crippen LogP contribution in [0.15, 0.2) is 88.4 Å². The molecule has 0 fully saturated rings. The number of thioether (sulfide) groups is 2. The van der Waals surface area contributed by atoms with Gasteiger partial charge in [-0.1, -0.05) is 70.4 Å². The average molecular weight is 789 g/mol. The summed E-state index contributed by atoms with van der Waals surface area (Å²) < 4.78 is 37.7. The highest BCUT2D eigenvalue weighted by Gasteiger charge is 2.42. The molecule has 2 amide bonds. The number of carboxylic acid groups (broad SMARTS) is 1. The number of anilines is 2. The SMILES string of the molecule is C=C(/C=C\C(O)=C/C)[C@@H](NC(=O)COc1cc2c(cc1SC)N(c1ccccc1)CC(CCCC)(CCCC)NS2(=O)=O)C(=O)N[C@@H](CSC)C(=O)O. The van der Waals surface area contributed by atoms with E-state index in [4.69, 9.17) is 4.74 Å². The third-order valence-electron chi connectivity index (χ3n) is 8.73. The van der Waals surface area contributed by atoms with Gasteiger partial charge in [0.15, 0.2) is 6.61 Å². The summed E-state index contributed by atoms with van der Waals surface area (Å²) in [5, 5.41) is 24.4. The maximum atomic E-state index is 14.3. The number of ether oxygens (including phenoxy) is 1. The minimum atomic E-state index is -4.08. The minimum absolute atomic E-state index is 0.0116. The molecule has 2 aromatic rings. The lowest BCUT2D eigenvalue weighted by Gasteiger charge is -2.37. The first-order chi connectivity index (χ1) is 25.2. The molecule has 2 atom stereocenters. The second-order valence-corrected chi connectivity index (χ2v) is 16.2. The predicted molar refractivity (Wildman–Crippen MR) is 214 cm³/mol. The molecule has 0 unspecified atom stereocenters. The summed E-state index contributed by atoms with van der Waals surface area (Å²) in [6, 6.07) is 10.2. The number of carbonyl (C=O) groups is 3. The highest BCUT2D eigenvalue weighted by Crippen LogP contribution is 2.44. The van der Waals surface area contributed by atoms with Gasteiger partial charge in [-0.15, -0.1) is 11.8 Å². The van der Waals surface area contributed by atoms with Crippen molar-refractivity contribution >= 4 is 62.7 Å². The summed E-state index contributed by atoms with van der Waals surface area (Å²) in [7, 11) is -4.08. The Morgan fingerprint density at radius 2 is 1.72 bits per heavy atom. The molecule has 0 aliphatic carbocycles. The molecule has 0 radical (unpaired) electrons. The third kappa shape index (κ3) is 12.0. The first-order valence-corrected chi connectivity index (χ1v) is 21.6. The molecule has 53 heavy (non-hydrogen) atoms. The Bertz CT molecular complexity index is 1760. The number of sulfonamides is 1. The number of nitrogens with one attached hydrogen (secondary N) is 3. The number of carboxylic acids is 1. The number of aliphatic carboxylic acids is 1. The fourth-order valence-corrected chi connectivity index (χ4v) is 8.66. The molecule has 1 heterocycles. The van der Waals surface area contributed by atoms with Crippen molar-refractivity contribution in [2.24, 2.45) is 0 Å². The number of rotatable bonds is 20. The molecule has 290 valence electrons. The molecule has 0 aromatic heterocycles. The largest absolute Gasteiger partial charge is 0.508 e. The Hall–Kier alpha value is -3.92. The fraction of sp³-hybridized carbons (Fsp3) is 0.447. The predicted octanol–water partition coefficient (Wildman–Crippen LogP) is 6.33. The van der Waals surface area contributed by atoms with Gasteiger partial charge in [0.1, 0.15) is 28.5 Å². The summed E-state index contributed by atoms with van der Waals surface area (Å²) in [6.07, 6.45) is 12.4. The van der Waals surface area contributed by atoms with Crippen LogP contribution in [0.3, 0.4) is 0 Å². The number of benzene rings is 2. The van der Waals surface area contributed by atoms with Crippen molar-refractivity contribution in [3.8, 4) is 5.75 Å². The molecular formula is C38H52N4O8S3.